The van der Waals surface area contributed by atoms with Gasteiger partial charge >= 0.3 is 11.9 Å². The molecule has 1 amide bonds. The molecule has 0 saturated heterocycles. The number of carbonyl (C=O) groups excluding carboxylic acids is 3. The zero-order chi connectivity index (χ0) is 22.4. The van der Waals surface area contributed by atoms with Gasteiger partial charge in [-0.25, -0.2) is 9.78 Å². The molecule has 1 unspecified atom stereocenters. The summed E-state index contributed by atoms with van der Waals surface area (Å²) in [5.74, 6) is -1.12. The molecule has 3 N–H and O–H groups in total. The topological polar surface area (TPSA) is 151 Å². The maximum atomic E-state index is 12.7. The third kappa shape index (κ3) is 5.92. The Kier molecular flexibility index (Phi) is 8.17. The lowest BCUT2D eigenvalue weighted by Crippen LogP contribution is -2.25. The third-order valence-corrected chi connectivity index (χ3v) is 5.73. The predicted molar refractivity (Wildman–Crippen MR) is 112 cm³/mol. The van der Waals surface area contributed by atoms with Crippen molar-refractivity contribution in [3.05, 3.63) is 10.6 Å². The van der Waals surface area contributed by atoms with Gasteiger partial charge in [-0.3, -0.25) is 14.2 Å². The van der Waals surface area contributed by atoms with E-state index < -0.39 is 23.9 Å². The Morgan fingerprint density at radius 3 is 2.60 bits per heavy atom. The Morgan fingerprint density at radius 1 is 1.27 bits per heavy atom. The summed E-state index contributed by atoms with van der Waals surface area (Å²) in [4.78, 5) is 40.8. The second-order valence-corrected chi connectivity index (χ2v) is 8.61. The van der Waals surface area contributed by atoms with Crippen LogP contribution in [0.3, 0.4) is 0 Å². The average molecular weight is 457 g/mol. The van der Waals surface area contributed by atoms with Crippen molar-refractivity contribution in [1.82, 2.24) is 19.7 Å². The fourth-order valence-corrected chi connectivity index (χ4v) is 3.92. The number of nitrogens with two attached hydrogens (primary N) is 1. The number of nitrogen functional groups attached to an aromatic ring is 1. The number of nitrogens with zero attached hydrogens (tertiary/aromatic N) is 4. The number of methoxy groups -OCH3 is 1. The van der Waals surface area contributed by atoms with Crippen LogP contribution < -0.4 is 11.1 Å². The van der Waals surface area contributed by atoms with Crippen molar-refractivity contribution in [2.45, 2.75) is 38.9 Å². The van der Waals surface area contributed by atoms with Gasteiger partial charge in [-0.1, -0.05) is 36.9 Å². The lowest BCUT2D eigenvalue weighted by atomic mass is 10.2. The van der Waals surface area contributed by atoms with E-state index in [0.29, 0.717) is 22.3 Å². The van der Waals surface area contributed by atoms with Crippen LogP contribution >= 0.6 is 23.1 Å². The molecule has 0 aromatic carbocycles. The van der Waals surface area contributed by atoms with Gasteiger partial charge in [0.15, 0.2) is 10.3 Å². The minimum atomic E-state index is -0.791. The highest BCUT2D eigenvalue weighted by molar-refractivity contribution is 7.99. The molecule has 0 fully saturated rings. The molecule has 13 heteroatoms. The van der Waals surface area contributed by atoms with E-state index in [1.165, 1.54) is 11.7 Å². The lowest BCUT2D eigenvalue weighted by molar-refractivity contribution is -0.137. The van der Waals surface area contributed by atoms with E-state index in [1.54, 1.807) is 13.8 Å². The van der Waals surface area contributed by atoms with Gasteiger partial charge in [0, 0.05) is 0 Å². The van der Waals surface area contributed by atoms with Gasteiger partial charge in [-0.15, -0.1) is 10.2 Å². The summed E-state index contributed by atoms with van der Waals surface area (Å²) in [6, 6.07) is -0.791. The van der Waals surface area contributed by atoms with Crippen LogP contribution in [0.2, 0.25) is 0 Å². The molecular weight excluding hydrogens is 432 g/mol. The minimum Gasteiger partial charge on any atom is -0.468 e. The summed E-state index contributed by atoms with van der Waals surface area (Å²) in [7, 11) is 1.28. The second-order valence-electron chi connectivity index (χ2n) is 6.67. The highest BCUT2D eigenvalue weighted by Gasteiger charge is 2.25. The number of carbonyl (C=O) groups is 3. The van der Waals surface area contributed by atoms with Crippen molar-refractivity contribution in [2.24, 2.45) is 5.92 Å². The molecule has 2 rings (SSSR count). The van der Waals surface area contributed by atoms with Gasteiger partial charge in [-0.2, -0.15) is 0 Å². The van der Waals surface area contributed by atoms with Crippen LogP contribution in [0.15, 0.2) is 5.16 Å². The number of aryl methyl sites for hydroxylation is 1. The highest BCUT2D eigenvalue weighted by atomic mass is 32.2. The zero-order valence-electron chi connectivity index (χ0n) is 17.3. The largest absolute Gasteiger partial charge is 0.468 e. The molecule has 0 spiro atoms. The zero-order valence-corrected chi connectivity index (χ0v) is 18.9. The molecule has 1 atom stereocenters. The molecule has 30 heavy (non-hydrogen) atoms. The van der Waals surface area contributed by atoms with Crippen LogP contribution in [0.25, 0.3) is 0 Å². The van der Waals surface area contributed by atoms with E-state index in [0.717, 1.165) is 23.1 Å². The smallest absolute Gasteiger partial charge is 0.350 e. The van der Waals surface area contributed by atoms with E-state index in [4.69, 9.17) is 10.5 Å². The van der Waals surface area contributed by atoms with E-state index in [-0.39, 0.29) is 22.8 Å². The Labute approximate surface area is 181 Å². The third-order valence-electron chi connectivity index (χ3n) is 3.76. The second kappa shape index (κ2) is 10.4. The number of rotatable bonds is 9. The Hall–Kier alpha value is -2.67. The summed E-state index contributed by atoms with van der Waals surface area (Å²) in [6.07, 6.45) is 0. The van der Waals surface area contributed by atoms with Gasteiger partial charge < -0.3 is 20.5 Å². The van der Waals surface area contributed by atoms with Crippen LogP contribution in [-0.4, -0.2) is 57.1 Å². The van der Waals surface area contributed by atoms with Crippen LogP contribution in [0, 0.1) is 12.8 Å². The van der Waals surface area contributed by atoms with E-state index >= 15 is 0 Å². The van der Waals surface area contributed by atoms with Gasteiger partial charge in [0.2, 0.25) is 11.9 Å². The molecule has 2 aromatic rings. The number of thioether (sulfide) groups is 1. The van der Waals surface area contributed by atoms with Crippen molar-refractivity contribution in [1.29, 1.82) is 0 Å². The SMILES string of the molecule is COC(=O)CSc1nnc(N)n1C(C)C(=O)Nc1nc(C)c(C(=O)OCC(C)C)s1. The van der Waals surface area contributed by atoms with Crippen LogP contribution in [-0.2, 0) is 19.1 Å². The first-order valence-electron chi connectivity index (χ1n) is 8.99. The van der Waals surface area contributed by atoms with Gasteiger partial charge in [0.25, 0.3) is 0 Å². The van der Waals surface area contributed by atoms with Gasteiger partial charge in [0.1, 0.15) is 10.9 Å². The lowest BCUT2D eigenvalue weighted by Gasteiger charge is -2.15. The van der Waals surface area contributed by atoms with Crippen LogP contribution in [0.4, 0.5) is 11.1 Å². The number of ether oxygens (including phenoxy) is 2. The quantitative estimate of drug-likeness (QED) is 0.423. The molecule has 0 radical (unpaired) electrons. The molecule has 0 bridgehead atoms. The van der Waals surface area contributed by atoms with E-state index in [1.807, 2.05) is 13.8 Å². The summed E-state index contributed by atoms with van der Waals surface area (Å²) in [5, 5.41) is 10.9. The predicted octanol–water partition coefficient (Wildman–Crippen LogP) is 1.90. The van der Waals surface area contributed by atoms with Crippen molar-refractivity contribution in [3.8, 4) is 0 Å². The first-order chi connectivity index (χ1) is 14.1. The van der Waals surface area contributed by atoms with Gasteiger partial charge in [-0.05, 0) is 19.8 Å². The molecule has 2 aromatic heterocycles. The van der Waals surface area contributed by atoms with Crippen molar-refractivity contribution < 1.29 is 23.9 Å². The van der Waals surface area contributed by atoms with Crippen molar-refractivity contribution in [2.75, 3.05) is 30.5 Å². The number of esters is 2. The van der Waals surface area contributed by atoms with Gasteiger partial charge in [0.05, 0.1) is 25.2 Å². The van der Waals surface area contributed by atoms with E-state index in [9.17, 15) is 14.4 Å². The van der Waals surface area contributed by atoms with Crippen molar-refractivity contribution >= 4 is 52.0 Å². The highest BCUT2D eigenvalue weighted by Crippen LogP contribution is 2.27. The number of nitrogens with one attached hydrogen (secondary N) is 1. The van der Waals surface area contributed by atoms with Crippen LogP contribution in [0.5, 0.6) is 0 Å². The molecule has 0 aliphatic rings. The first kappa shape index (κ1) is 23.6. The number of hydrogen-bond donors (Lipinski definition) is 2. The monoisotopic (exact) mass is 456 g/mol. The fourth-order valence-electron chi connectivity index (χ4n) is 2.21. The summed E-state index contributed by atoms with van der Waals surface area (Å²) < 4.78 is 11.2. The maximum Gasteiger partial charge on any atom is 0.350 e. The molecule has 0 saturated carbocycles. The molecule has 164 valence electrons. The number of aromatic nitrogens is 4. The summed E-state index contributed by atoms with van der Waals surface area (Å²) in [6.45, 7) is 7.45. The fraction of sp³-hybridized carbons (Fsp3) is 0.529. The standard InChI is InChI=1S/C17H24N6O5S2/c1-8(2)6-28-14(26)12-9(3)19-16(30-12)20-13(25)10(4)23-15(18)21-22-17(23)29-7-11(24)27-5/h8,10H,6-7H2,1-5H3,(H2,18,21)(H,19,20,25). The normalized spacial score (nSPS) is 11.9. The molecule has 11 nitrogen and oxygen atoms in total. The molecule has 0 aliphatic carbocycles. The number of thiazole rings is 1. The number of hydrogen-bond acceptors (Lipinski definition) is 11. The van der Waals surface area contributed by atoms with Crippen molar-refractivity contribution in [3.63, 3.8) is 0 Å². The van der Waals surface area contributed by atoms with Crippen LogP contribution in [0.1, 0.15) is 42.2 Å². The maximum absolute atomic E-state index is 12.7. The average Bonchev–Trinajstić information content (AvgIpc) is 3.25. The summed E-state index contributed by atoms with van der Waals surface area (Å²) in [5.41, 5.74) is 6.31. The molecule has 2 heterocycles. The Bertz CT molecular complexity index is 926. The number of anilines is 2. The molecular formula is C17H24N6O5S2. The van der Waals surface area contributed by atoms with E-state index in [2.05, 4.69) is 25.2 Å². The Balaban J connectivity index is 2.10. The summed E-state index contributed by atoms with van der Waals surface area (Å²) >= 11 is 2.08. The Morgan fingerprint density at radius 2 is 1.97 bits per heavy atom. The molecule has 0 aliphatic heterocycles. The number of amides is 1. The minimum absolute atomic E-state index is 0.00348. The first-order valence-corrected chi connectivity index (χ1v) is 10.8.